The summed E-state index contributed by atoms with van der Waals surface area (Å²) in [6.45, 7) is 3.44. The van der Waals surface area contributed by atoms with Crippen molar-refractivity contribution in [2.75, 3.05) is 11.9 Å². The second-order valence-corrected chi connectivity index (χ2v) is 6.43. The molecule has 0 aliphatic heterocycles. The number of carbonyl (C=O) groups is 3. The van der Waals surface area contributed by atoms with Gasteiger partial charge in [-0.3, -0.25) is 14.9 Å². The largest absolute Gasteiger partial charge is 0.483 e. The fourth-order valence-corrected chi connectivity index (χ4v) is 2.94. The van der Waals surface area contributed by atoms with Crippen molar-refractivity contribution in [1.82, 2.24) is 5.32 Å². The minimum Gasteiger partial charge on any atom is -0.483 e. The normalized spacial score (nSPS) is 10.4. The molecular formula is C22H20N2O4. The third kappa shape index (κ3) is 4.35. The SMILES string of the molecule is Cc1ccc(NC(=O)NC(=O)COc2ccc3ccccc3c2C=O)c(C)c1. The van der Waals surface area contributed by atoms with E-state index in [0.717, 1.165) is 21.9 Å². The van der Waals surface area contributed by atoms with Crippen LogP contribution in [0.4, 0.5) is 10.5 Å². The standard InChI is InChI=1S/C22H20N2O4/c1-14-7-9-19(15(2)11-14)23-22(27)24-21(26)13-28-20-10-8-16-5-3-4-6-17(16)18(20)12-25/h3-12H,13H2,1-2H3,(H2,23,24,26,27). The summed E-state index contributed by atoms with van der Waals surface area (Å²) in [6.07, 6.45) is 0.697. The lowest BCUT2D eigenvalue weighted by Gasteiger charge is -2.12. The van der Waals surface area contributed by atoms with E-state index in [9.17, 15) is 14.4 Å². The molecule has 0 spiro atoms. The van der Waals surface area contributed by atoms with Gasteiger partial charge in [0.1, 0.15) is 5.75 Å². The quantitative estimate of drug-likeness (QED) is 0.659. The summed E-state index contributed by atoms with van der Waals surface area (Å²) < 4.78 is 5.47. The summed E-state index contributed by atoms with van der Waals surface area (Å²) in [5.74, 6) is -0.328. The highest BCUT2D eigenvalue weighted by Gasteiger charge is 2.13. The van der Waals surface area contributed by atoms with Crippen LogP contribution in [0.5, 0.6) is 5.75 Å². The van der Waals surface area contributed by atoms with Gasteiger partial charge in [-0.15, -0.1) is 0 Å². The second kappa shape index (κ2) is 8.35. The number of rotatable bonds is 5. The molecular weight excluding hydrogens is 356 g/mol. The molecule has 6 heteroatoms. The number of anilines is 1. The van der Waals surface area contributed by atoms with Crippen LogP contribution in [0.25, 0.3) is 10.8 Å². The number of urea groups is 1. The number of amides is 3. The van der Waals surface area contributed by atoms with Gasteiger partial charge in [-0.1, -0.05) is 48.0 Å². The Bertz CT molecular complexity index is 1060. The molecule has 3 aromatic rings. The number of aryl methyl sites for hydroxylation is 2. The Hall–Kier alpha value is -3.67. The van der Waals surface area contributed by atoms with E-state index in [4.69, 9.17) is 4.74 Å². The molecule has 0 saturated heterocycles. The molecule has 0 aliphatic carbocycles. The van der Waals surface area contributed by atoms with Crippen LogP contribution in [-0.4, -0.2) is 24.8 Å². The van der Waals surface area contributed by atoms with Gasteiger partial charge in [0.25, 0.3) is 5.91 Å². The minimum absolute atomic E-state index is 0.290. The summed E-state index contributed by atoms with van der Waals surface area (Å²) in [6, 6.07) is 15.8. The van der Waals surface area contributed by atoms with Crippen molar-refractivity contribution in [3.05, 3.63) is 71.3 Å². The first-order valence-corrected chi connectivity index (χ1v) is 8.76. The van der Waals surface area contributed by atoms with Crippen molar-refractivity contribution in [1.29, 1.82) is 0 Å². The minimum atomic E-state index is -0.644. The molecule has 0 saturated carbocycles. The van der Waals surface area contributed by atoms with Gasteiger partial charge in [0.2, 0.25) is 0 Å². The van der Waals surface area contributed by atoms with Gasteiger partial charge >= 0.3 is 6.03 Å². The molecule has 0 aliphatic rings. The molecule has 0 heterocycles. The molecule has 0 bridgehead atoms. The Kier molecular flexibility index (Phi) is 5.69. The van der Waals surface area contributed by atoms with Gasteiger partial charge in [0.15, 0.2) is 12.9 Å². The number of ether oxygens (including phenoxy) is 1. The van der Waals surface area contributed by atoms with Crippen LogP contribution < -0.4 is 15.4 Å². The zero-order valence-electron chi connectivity index (χ0n) is 15.6. The Morgan fingerprint density at radius 1 is 1.04 bits per heavy atom. The van der Waals surface area contributed by atoms with E-state index in [1.54, 1.807) is 12.1 Å². The summed E-state index contributed by atoms with van der Waals surface area (Å²) in [7, 11) is 0. The molecule has 2 N–H and O–H groups in total. The van der Waals surface area contributed by atoms with Gasteiger partial charge in [-0.2, -0.15) is 0 Å². The van der Waals surface area contributed by atoms with Crippen LogP contribution >= 0.6 is 0 Å². The monoisotopic (exact) mass is 376 g/mol. The van der Waals surface area contributed by atoms with Crippen molar-refractivity contribution >= 4 is 34.7 Å². The maximum absolute atomic E-state index is 12.0. The lowest BCUT2D eigenvalue weighted by molar-refractivity contribution is -0.121. The van der Waals surface area contributed by atoms with E-state index >= 15 is 0 Å². The summed E-state index contributed by atoms with van der Waals surface area (Å²) in [5.41, 5.74) is 2.96. The van der Waals surface area contributed by atoms with Crippen molar-refractivity contribution in [3.8, 4) is 5.75 Å². The second-order valence-electron chi connectivity index (χ2n) is 6.43. The lowest BCUT2D eigenvalue weighted by atomic mass is 10.0. The van der Waals surface area contributed by atoms with Crippen LogP contribution in [0.15, 0.2) is 54.6 Å². The number of benzene rings is 3. The molecule has 6 nitrogen and oxygen atoms in total. The highest BCUT2D eigenvalue weighted by molar-refractivity contribution is 6.03. The zero-order valence-corrected chi connectivity index (χ0v) is 15.6. The highest BCUT2D eigenvalue weighted by atomic mass is 16.5. The molecule has 0 unspecified atom stereocenters. The van der Waals surface area contributed by atoms with Crippen molar-refractivity contribution in [2.45, 2.75) is 13.8 Å². The Morgan fingerprint density at radius 3 is 2.57 bits per heavy atom. The van der Waals surface area contributed by atoms with E-state index in [2.05, 4.69) is 10.6 Å². The summed E-state index contributed by atoms with van der Waals surface area (Å²) in [4.78, 5) is 35.5. The first-order valence-electron chi connectivity index (χ1n) is 8.76. The van der Waals surface area contributed by atoms with Gasteiger partial charge in [-0.05, 0) is 42.3 Å². The first-order chi connectivity index (χ1) is 13.5. The van der Waals surface area contributed by atoms with Gasteiger partial charge in [0.05, 0.1) is 5.56 Å². The number of imide groups is 1. The van der Waals surface area contributed by atoms with Crippen molar-refractivity contribution in [3.63, 3.8) is 0 Å². The van der Waals surface area contributed by atoms with E-state index < -0.39 is 11.9 Å². The predicted octanol–water partition coefficient (Wildman–Crippen LogP) is 4.00. The average molecular weight is 376 g/mol. The van der Waals surface area contributed by atoms with Crippen LogP contribution in [0, 0.1) is 13.8 Å². The maximum atomic E-state index is 12.0. The molecule has 0 radical (unpaired) electrons. The van der Waals surface area contributed by atoms with Crippen LogP contribution in [-0.2, 0) is 4.79 Å². The van der Waals surface area contributed by atoms with Crippen LogP contribution in [0.1, 0.15) is 21.5 Å². The Balaban J connectivity index is 1.62. The van der Waals surface area contributed by atoms with Crippen molar-refractivity contribution in [2.24, 2.45) is 0 Å². The number of aldehydes is 1. The van der Waals surface area contributed by atoms with Crippen LogP contribution in [0.3, 0.4) is 0 Å². The lowest BCUT2D eigenvalue weighted by Crippen LogP contribution is -2.37. The highest BCUT2D eigenvalue weighted by Crippen LogP contribution is 2.26. The maximum Gasteiger partial charge on any atom is 0.325 e. The smallest absolute Gasteiger partial charge is 0.325 e. The van der Waals surface area contributed by atoms with Gasteiger partial charge in [0, 0.05) is 5.69 Å². The fraction of sp³-hybridized carbons (Fsp3) is 0.136. The molecule has 28 heavy (non-hydrogen) atoms. The number of carbonyl (C=O) groups excluding carboxylic acids is 3. The van der Waals surface area contributed by atoms with E-state index in [0.29, 0.717) is 23.3 Å². The van der Waals surface area contributed by atoms with E-state index in [-0.39, 0.29) is 6.61 Å². The number of hydrogen-bond acceptors (Lipinski definition) is 4. The molecule has 3 rings (SSSR count). The average Bonchev–Trinajstić information content (AvgIpc) is 2.68. The van der Waals surface area contributed by atoms with Crippen molar-refractivity contribution < 1.29 is 19.1 Å². The number of fused-ring (bicyclic) bond motifs is 1. The van der Waals surface area contributed by atoms with E-state index in [1.807, 2.05) is 56.3 Å². The fourth-order valence-electron chi connectivity index (χ4n) is 2.94. The third-order valence-electron chi connectivity index (χ3n) is 4.29. The number of hydrogen-bond donors (Lipinski definition) is 2. The first kappa shape index (κ1) is 19.1. The molecule has 0 fully saturated rings. The Morgan fingerprint density at radius 2 is 1.82 bits per heavy atom. The van der Waals surface area contributed by atoms with Crippen LogP contribution in [0.2, 0.25) is 0 Å². The predicted molar refractivity (Wildman–Crippen MR) is 108 cm³/mol. The zero-order chi connectivity index (χ0) is 20.1. The van der Waals surface area contributed by atoms with E-state index in [1.165, 1.54) is 0 Å². The molecule has 3 aromatic carbocycles. The summed E-state index contributed by atoms with van der Waals surface area (Å²) >= 11 is 0. The molecule has 0 atom stereocenters. The summed E-state index contributed by atoms with van der Waals surface area (Å²) in [5, 5.41) is 6.48. The molecule has 3 amide bonds. The number of nitrogens with one attached hydrogen (secondary N) is 2. The Labute approximate surface area is 162 Å². The van der Waals surface area contributed by atoms with Gasteiger partial charge in [-0.25, -0.2) is 4.79 Å². The third-order valence-corrected chi connectivity index (χ3v) is 4.29. The molecule has 0 aromatic heterocycles. The topological polar surface area (TPSA) is 84.5 Å². The van der Waals surface area contributed by atoms with Gasteiger partial charge < -0.3 is 10.1 Å². The molecule has 142 valence electrons.